The third kappa shape index (κ3) is 2.73. The first-order valence-corrected chi connectivity index (χ1v) is 5.16. The number of likely N-dealkylation sites (N-methyl/N-ethyl adjacent to an activating group) is 1. The number of nitrogens with one attached hydrogen (secondary N) is 2. The smallest absolute Gasteiger partial charge is 0.323 e. The second-order valence-corrected chi connectivity index (χ2v) is 4.03. The van der Waals surface area contributed by atoms with Crippen LogP contribution in [0.15, 0.2) is 23.0 Å². The molecule has 0 bridgehead atoms. The average molecular weight is 235 g/mol. The fraction of sp³-hybridized carbons (Fsp3) is 0.273. The molecule has 0 aliphatic heterocycles. The minimum atomic E-state index is -0.858. The van der Waals surface area contributed by atoms with Gasteiger partial charge in [0.1, 0.15) is 0 Å². The Balaban J connectivity index is 2.18. The maximum Gasteiger partial charge on any atom is 0.323 e. The highest BCUT2D eigenvalue weighted by Crippen LogP contribution is 2.11. The average Bonchev–Trinajstić information content (AvgIpc) is 2.55. The summed E-state index contributed by atoms with van der Waals surface area (Å²) in [4.78, 5) is 28.6. The van der Waals surface area contributed by atoms with Gasteiger partial charge in [-0.25, -0.2) is 4.79 Å². The summed E-state index contributed by atoms with van der Waals surface area (Å²) in [5.41, 5.74) is 2.20. The zero-order valence-corrected chi connectivity index (χ0v) is 9.36. The summed E-state index contributed by atoms with van der Waals surface area (Å²) in [6, 6.07) is 5.51. The SMILES string of the molecule is CN(CC(=O)O)Cc1ccc2[nH]c(=O)[nH]c2c1. The summed E-state index contributed by atoms with van der Waals surface area (Å²) in [7, 11) is 1.73. The molecule has 0 atom stereocenters. The lowest BCUT2D eigenvalue weighted by atomic mass is 10.2. The van der Waals surface area contributed by atoms with Crippen LogP contribution in [0, 0.1) is 0 Å². The number of hydrogen-bond donors (Lipinski definition) is 3. The van der Waals surface area contributed by atoms with Gasteiger partial charge < -0.3 is 15.1 Å². The molecule has 6 heteroatoms. The van der Waals surface area contributed by atoms with Crippen molar-refractivity contribution in [2.45, 2.75) is 6.54 Å². The maximum atomic E-state index is 11.1. The highest BCUT2D eigenvalue weighted by atomic mass is 16.4. The Bertz CT molecular complexity index is 599. The molecule has 0 spiro atoms. The van der Waals surface area contributed by atoms with Crippen LogP contribution in [0.1, 0.15) is 5.56 Å². The Morgan fingerprint density at radius 2 is 2.06 bits per heavy atom. The largest absolute Gasteiger partial charge is 0.480 e. The molecule has 0 amide bonds. The van der Waals surface area contributed by atoms with E-state index in [-0.39, 0.29) is 12.2 Å². The second kappa shape index (κ2) is 4.42. The van der Waals surface area contributed by atoms with E-state index in [1.165, 1.54) is 0 Å². The number of benzene rings is 1. The minimum Gasteiger partial charge on any atom is -0.480 e. The zero-order valence-electron chi connectivity index (χ0n) is 9.36. The van der Waals surface area contributed by atoms with Gasteiger partial charge in [-0.05, 0) is 24.7 Å². The van der Waals surface area contributed by atoms with Crippen LogP contribution in [0.2, 0.25) is 0 Å². The molecule has 90 valence electrons. The molecule has 6 nitrogen and oxygen atoms in total. The molecule has 0 fully saturated rings. The third-order valence-corrected chi connectivity index (χ3v) is 2.44. The molecule has 1 aromatic heterocycles. The van der Waals surface area contributed by atoms with Gasteiger partial charge in [-0.3, -0.25) is 9.69 Å². The van der Waals surface area contributed by atoms with Gasteiger partial charge in [0.15, 0.2) is 0 Å². The number of aromatic nitrogens is 2. The van der Waals surface area contributed by atoms with Gasteiger partial charge in [0.2, 0.25) is 0 Å². The van der Waals surface area contributed by atoms with Crippen molar-refractivity contribution in [3.8, 4) is 0 Å². The summed E-state index contributed by atoms with van der Waals surface area (Å²) < 4.78 is 0. The van der Waals surface area contributed by atoms with Crippen molar-refractivity contribution < 1.29 is 9.90 Å². The quantitative estimate of drug-likeness (QED) is 0.714. The molecule has 1 heterocycles. The number of carboxylic acid groups (broad SMARTS) is 1. The molecule has 0 aliphatic carbocycles. The fourth-order valence-electron chi connectivity index (χ4n) is 1.78. The first-order valence-electron chi connectivity index (χ1n) is 5.16. The van der Waals surface area contributed by atoms with Crippen LogP contribution in [0.5, 0.6) is 0 Å². The second-order valence-electron chi connectivity index (χ2n) is 4.03. The van der Waals surface area contributed by atoms with E-state index in [0.29, 0.717) is 6.54 Å². The predicted octanol–water partition coefficient (Wildman–Crippen LogP) is 0.373. The van der Waals surface area contributed by atoms with E-state index in [9.17, 15) is 9.59 Å². The van der Waals surface area contributed by atoms with E-state index in [2.05, 4.69) is 9.97 Å². The van der Waals surface area contributed by atoms with E-state index in [1.54, 1.807) is 18.0 Å². The summed E-state index contributed by atoms with van der Waals surface area (Å²) in [5, 5.41) is 8.64. The molecule has 0 aliphatic rings. The van der Waals surface area contributed by atoms with Crippen LogP contribution in [-0.2, 0) is 11.3 Å². The Kier molecular flexibility index (Phi) is 2.97. The van der Waals surface area contributed by atoms with Gasteiger partial charge in [-0.2, -0.15) is 0 Å². The molecule has 0 saturated carbocycles. The van der Waals surface area contributed by atoms with Crippen LogP contribution >= 0.6 is 0 Å². The first kappa shape index (κ1) is 11.4. The van der Waals surface area contributed by atoms with Gasteiger partial charge >= 0.3 is 11.7 Å². The first-order chi connectivity index (χ1) is 8.04. The van der Waals surface area contributed by atoms with Crippen molar-refractivity contribution >= 4 is 17.0 Å². The normalized spacial score (nSPS) is 11.2. The molecule has 2 rings (SSSR count). The number of carboxylic acids is 1. The molecule has 1 aromatic carbocycles. The Labute approximate surface area is 96.9 Å². The molecule has 0 saturated heterocycles. The van der Waals surface area contributed by atoms with E-state index < -0.39 is 5.97 Å². The number of rotatable bonds is 4. The van der Waals surface area contributed by atoms with Gasteiger partial charge in [0.05, 0.1) is 17.6 Å². The highest BCUT2D eigenvalue weighted by Gasteiger charge is 2.06. The van der Waals surface area contributed by atoms with Crippen molar-refractivity contribution in [1.29, 1.82) is 0 Å². The highest BCUT2D eigenvalue weighted by molar-refractivity contribution is 5.75. The van der Waals surface area contributed by atoms with Crippen LogP contribution in [0.25, 0.3) is 11.0 Å². The van der Waals surface area contributed by atoms with Crippen molar-refractivity contribution in [2.24, 2.45) is 0 Å². The number of carbonyl (C=O) groups is 1. The van der Waals surface area contributed by atoms with E-state index in [4.69, 9.17) is 5.11 Å². The summed E-state index contributed by atoms with van der Waals surface area (Å²) in [6.45, 7) is 0.511. The minimum absolute atomic E-state index is 0.0122. The Hall–Kier alpha value is -2.08. The van der Waals surface area contributed by atoms with Crippen molar-refractivity contribution in [3.05, 3.63) is 34.2 Å². The number of aromatic amines is 2. The van der Waals surface area contributed by atoms with Gasteiger partial charge in [0, 0.05) is 6.54 Å². The lowest BCUT2D eigenvalue weighted by molar-refractivity contribution is -0.138. The van der Waals surface area contributed by atoms with E-state index in [0.717, 1.165) is 16.6 Å². The summed E-state index contributed by atoms with van der Waals surface area (Å²) >= 11 is 0. The number of nitrogens with zero attached hydrogens (tertiary/aromatic N) is 1. The lowest BCUT2D eigenvalue weighted by Gasteiger charge is -2.13. The van der Waals surface area contributed by atoms with Crippen LogP contribution in [0.4, 0.5) is 0 Å². The molecule has 3 N–H and O–H groups in total. The molecule has 0 radical (unpaired) electrons. The predicted molar refractivity (Wildman–Crippen MR) is 62.9 cm³/mol. The summed E-state index contributed by atoms with van der Waals surface area (Å²) in [6.07, 6.45) is 0. The van der Waals surface area contributed by atoms with Crippen molar-refractivity contribution in [1.82, 2.24) is 14.9 Å². The number of imidazole rings is 1. The number of H-pyrrole nitrogens is 2. The van der Waals surface area contributed by atoms with Crippen LogP contribution in [-0.4, -0.2) is 39.5 Å². The molecule has 17 heavy (non-hydrogen) atoms. The van der Waals surface area contributed by atoms with Crippen LogP contribution < -0.4 is 5.69 Å². The standard InChI is InChI=1S/C11H13N3O3/c1-14(6-10(15)16)5-7-2-3-8-9(4-7)13-11(17)12-8/h2-4H,5-6H2,1H3,(H,15,16)(H2,12,13,17). The summed E-state index contributed by atoms with van der Waals surface area (Å²) in [5.74, 6) is -0.858. The number of aliphatic carboxylic acids is 1. The molecular formula is C11H13N3O3. The van der Waals surface area contributed by atoms with E-state index in [1.807, 2.05) is 12.1 Å². The molecule has 2 aromatic rings. The number of fused-ring (bicyclic) bond motifs is 1. The monoisotopic (exact) mass is 235 g/mol. The topological polar surface area (TPSA) is 89.2 Å². The van der Waals surface area contributed by atoms with Gasteiger partial charge in [-0.1, -0.05) is 6.07 Å². The van der Waals surface area contributed by atoms with Gasteiger partial charge in [-0.15, -0.1) is 0 Å². The van der Waals surface area contributed by atoms with Gasteiger partial charge in [0.25, 0.3) is 0 Å². The lowest BCUT2D eigenvalue weighted by Crippen LogP contribution is -2.25. The molecular weight excluding hydrogens is 222 g/mol. The third-order valence-electron chi connectivity index (χ3n) is 2.44. The number of hydrogen-bond acceptors (Lipinski definition) is 3. The Morgan fingerprint density at radius 1 is 1.35 bits per heavy atom. The van der Waals surface area contributed by atoms with E-state index >= 15 is 0 Å². The maximum absolute atomic E-state index is 11.1. The van der Waals surface area contributed by atoms with Crippen LogP contribution in [0.3, 0.4) is 0 Å². The van der Waals surface area contributed by atoms with Crippen molar-refractivity contribution in [3.63, 3.8) is 0 Å². The fourth-order valence-corrected chi connectivity index (χ4v) is 1.78. The van der Waals surface area contributed by atoms with Crippen molar-refractivity contribution in [2.75, 3.05) is 13.6 Å². The zero-order chi connectivity index (χ0) is 12.4. The Morgan fingerprint density at radius 3 is 2.76 bits per heavy atom. The molecule has 0 unspecified atom stereocenters.